The molecule has 0 atom stereocenters. The lowest BCUT2D eigenvalue weighted by Gasteiger charge is -2.08. The molecule has 8 heteroatoms. The Morgan fingerprint density at radius 1 is 1.04 bits per heavy atom. The van der Waals surface area contributed by atoms with Crippen LogP contribution in [-0.2, 0) is 7.05 Å². The summed E-state index contributed by atoms with van der Waals surface area (Å²) in [4.78, 5) is 21.7. The van der Waals surface area contributed by atoms with Crippen LogP contribution in [0.4, 0.5) is 11.5 Å². The van der Waals surface area contributed by atoms with Crippen LogP contribution in [0.2, 0.25) is 0 Å². The van der Waals surface area contributed by atoms with Crippen molar-refractivity contribution in [2.24, 2.45) is 7.05 Å². The number of hydrogen-bond acceptors (Lipinski definition) is 5. The molecule has 0 N–H and O–H groups in total. The lowest BCUT2D eigenvalue weighted by atomic mass is 10.0. The second kappa shape index (κ2) is 5.65. The molecule has 0 unspecified atom stereocenters. The van der Waals surface area contributed by atoms with Gasteiger partial charge in [-0.2, -0.15) is 0 Å². The Morgan fingerprint density at radius 3 is 2.38 bits per heavy atom. The normalized spacial score (nSPS) is 10.8. The highest BCUT2D eigenvalue weighted by atomic mass is 16.6. The zero-order valence-electron chi connectivity index (χ0n) is 12.9. The molecule has 0 saturated carbocycles. The van der Waals surface area contributed by atoms with E-state index in [0.717, 1.165) is 0 Å². The summed E-state index contributed by atoms with van der Waals surface area (Å²) in [6.07, 6.45) is 0. The van der Waals surface area contributed by atoms with E-state index in [0.29, 0.717) is 27.8 Å². The molecule has 0 radical (unpaired) electrons. The number of methoxy groups -OCH3 is 1. The molecular weight excluding hydrogens is 314 g/mol. The fraction of sp³-hybridized carbons (Fsp3) is 0.125. The highest BCUT2D eigenvalue weighted by molar-refractivity contribution is 6.02. The van der Waals surface area contributed by atoms with Gasteiger partial charge in [0.15, 0.2) is 0 Å². The van der Waals surface area contributed by atoms with Crippen molar-refractivity contribution < 1.29 is 14.6 Å². The first kappa shape index (κ1) is 15.5. The smallest absolute Gasteiger partial charge is 0.331 e. The van der Waals surface area contributed by atoms with Crippen molar-refractivity contribution in [3.05, 3.63) is 62.7 Å². The third-order valence-corrected chi connectivity index (χ3v) is 3.91. The van der Waals surface area contributed by atoms with Crippen molar-refractivity contribution in [3.8, 4) is 16.9 Å². The molecule has 0 fully saturated rings. The molecule has 0 amide bonds. The first-order valence-electron chi connectivity index (χ1n) is 7.00. The van der Waals surface area contributed by atoms with E-state index in [-0.39, 0.29) is 11.5 Å². The van der Waals surface area contributed by atoms with E-state index < -0.39 is 9.85 Å². The number of aryl methyl sites for hydroxylation is 1. The standard InChI is InChI=1S/C16H13N3O5/c1-17-13-6-4-3-5-11(13)15(16(17)19(22)23)12-9-10(18(20)21)7-8-14(12)24-2/h3-9H,1-2H3. The second-order valence-electron chi connectivity index (χ2n) is 5.17. The highest BCUT2D eigenvalue weighted by Gasteiger charge is 2.28. The number of para-hydroxylation sites is 1. The molecule has 3 aromatic rings. The van der Waals surface area contributed by atoms with Gasteiger partial charge in [0, 0.05) is 23.1 Å². The summed E-state index contributed by atoms with van der Waals surface area (Å²) in [5.74, 6) is 0.190. The van der Waals surface area contributed by atoms with Gasteiger partial charge in [0.1, 0.15) is 11.3 Å². The molecular formula is C16H13N3O5. The zero-order chi connectivity index (χ0) is 17.4. The van der Waals surface area contributed by atoms with Crippen molar-refractivity contribution in [3.63, 3.8) is 0 Å². The highest BCUT2D eigenvalue weighted by Crippen LogP contribution is 2.44. The molecule has 0 bridgehead atoms. The predicted molar refractivity (Wildman–Crippen MR) is 88.2 cm³/mol. The number of nitrogens with zero attached hydrogens (tertiary/aromatic N) is 3. The predicted octanol–water partition coefficient (Wildman–Crippen LogP) is 3.67. The maximum Gasteiger partial charge on any atom is 0.331 e. The molecule has 2 aromatic carbocycles. The fourth-order valence-corrected chi connectivity index (χ4v) is 2.86. The number of rotatable bonds is 4. The van der Waals surface area contributed by atoms with E-state index in [1.54, 1.807) is 31.3 Å². The van der Waals surface area contributed by atoms with Gasteiger partial charge in [0.25, 0.3) is 5.69 Å². The fourth-order valence-electron chi connectivity index (χ4n) is 2.86. The molecule has 0 spiro atoms. The van der Waals surface area contributed by atoms with E-state index in [9.17, 15) is 20.2 Å². The van der Waals surface area contributed by atoms with Gasteiger partial charge in [-0.25, -0.2) is 4.57 Å². The third kappa shape index (κ3) is 2.24. The maximum absolute atomic E-state index is 11.6. The van der Waals surface area contributed by atoms with Crippen molar-refractivity contribution in [1.29, 1.82) is 0 Å². The molecule has 8 nitrogen and oxygen atoms in total. The Kier molecular flexibility index (Phi) is 3.64. The molecule has 3 rings (SSSR count). The minimum Gasteiger partial charge on any atom is -0.496 e. The van der Waals surface area contributed by atoms with Gasteiger partial charge < -0.3 is 14.9 Å². The van der Waals surface area contributed by atoms with Gasteiger partial charge in [-0.05, 0) is 23.1 Å². The number of nitro groups is 2. The van der Waals surface area contributed by atoms with E-state index in [1.165, 1.54) is 29.9 Å². The van der Waals surface area contributed by atoms with Crippen molar-refractivity contribution in [2.75, 3.05) is 7.11 Å². The van der Waals surface area contributed by atoms with Crippen LogP contribution in [0.15, 0.2) is 42.5 Å². The summed E-state index contributed by atoms with van der Waals surface area (Å²) < 4.78 is 6.73. The summed E-state index contributed by atoms with van der Waals surface area (Å²) in [5, 5.41) is 23.3. The first-order valence-corrected chi connectivity index (χ1v) is 7.00. The molecule has 0 aliphatic heterocycles. The van der Waals surface area contributed by atoms with Crippen LogP contribution in [0.25, 0.3) is 22.0 Å². The number of non-ortho nitro benzene ring substituents is 1. The van der Waals surface area contributed by atoms with E-state index >= 15 is 0 Å². The van der Waals surface area contributed by atoms with Gasteiger partial charge in [-0.15, -0.1) is 0 Å². The minimum atomic E-state index is -0.542. The Balaban J connectivity index is 2.46. The lowest BCUT2D eigenvalue weighted by Crippen LogP contribution is -1.99. The van der Waals surface area contributed by atoms with Gasteiger partial charge in [0.05, 0.1) is 24.6 Å². The van der Waals surface area contributed by atoms with Crippen LogP contribution in [0.5, 0.6) is 5.75 Å². The summed E-state index contributed by atoms with van der Waals surface area (Å²) in [6, 6.07) is 11.1. The van der Waals surface area contributed by atoms with Gasteiger partial charge in [-0.1, -0.05) is 12.1 Å². The second-order valence-corrected chi connectivity index (χ2v) is 5.17. The van der Waals surface area contributed by atoms with Crippen molar-refractivity contribution in [1.82, 2.24) is 4.57 Å². The zero-order valence-corrected chi connectivity index (χ0v) is 12.9. The Labute approximate surface area is 136 Å². The molecule has 0 aliphatic carbocycles. The number of hydrogen-bond donors (Lipinski definition) is 0. The van der Waals surface area contributed by atoms with Crippen molar-refractivity contribution >= 4 is 22.4 Å². The van der Waals surface area contributed by atoms with Crippen LogP contribution in [0, 0.1) is 20.2 Å². The van der Waals surface area contributed by atoms with Gasteiger partial charge in [0.2, 0.25) is 0 Å². The average Bonchev–Trinajstić information content (AvgIpc) is 2.87. The summed E-state index contributed by atoms with van der Waals surface area (Å²) in [5.41, 5.74) is 1.12. The maximum atomic E-state index is 11.6. The van der Waals surface area contributed by atoms with Crippen LogP contribution < -0.4 is 4.74 Å². The molecule has 0 aliphatic rings. The third-order valence-electron chi connectivity index (χ3n) is 3.91. The summed E-state index contributed by atoms with van der Waals surface area (Å²) >= 11 is 0. The van der Waals surface area contributed by atoms with Crippen LogP contribution in [0.1, 0.15) is 0 Å². The number of fused-ring (bicyclic) bond motifs is 1. The topological polar surface area (TPSA) is 100 Å². The summed E-state index contributed by atoms with van der Waals surface area (Å²) in [6.45, 7) is 0. The Morgan fingerprint density at radius 2 is 1.75 bits per heavy atom. The number of ether oxygens (including phenoxy) is 1. The monoisotopic (exact) mass is 327 g/mol. The SMILES string of the molecule is COc1ccc([N+](=O)[O-])cc1-c1c([N+](=O)[O-])n(C)c2ccccc12. The lowest BCUT2D eigenvalue weighted by molar-refractivity contribution is -0.390. The Bertz CT molecular complexity index is 977. The average molecular weight is 327 g/mol. The number of benzene rings is 2. The first-order chi connectivity index (χ1) is 11.5. The van der Waals surface area contributed by atoms with Gasteiger partial charge >= 0.3 is 5.82 Å². The Hall–Kier alpha value is -3.42. The largest absolute Gasteiger partial charge is 0.496 e. The van der Waals surface area contributed by atoms with Crippen LogP contribution >= 0.6 is 0 Å². The van der Waals surface area contributed by atoms with E-state index in [4.69, 9.17) is 4.74 Å². The van der Waals surface area contributed by atoms with E-state index in [1.807, 2.05) is 0 Å². The minimum absolute atomic E-state index is 0.144. The molecule has 0 saturated heterocycles. The summed E-state index contributed by atoms with van der Waals surface area (Å²) in [7, 11) is 3.01. The molecule has 1 aromatic heterocycles. The molecule has 1 heterocycles. The molecule has 24 heavy (non-hydrogen) atoms. The van der Waals surface area contributed by atoms with Gasteiger partial charge in [-0.3, -0.25) is 10.1 Å². The van der Waals surface area contributed by atoms with Crippen molar-refractivity contribution in [2.45, 2.75) is 0 Å². The number of nitro benzene ring substituents is 1. The quantitative estimate of drug-likeness (QED) is 0.537. The van der Waals surface area contributed by atoms with Crippen LogP contribution in [-0.4, -0.2) is 21.5 Å². The van der Waals surface area contributed by atoms with E-state index in [2.05, 4.69) is 0 Å². The number of aromatic nitrogens is 1. The molecule has 122 valence electrons. The van der Waals surface area contributed by atoms with Crippen LogP contribution in [0.3, 0.4) is 0 Å².